The van der Waals surface area contributed by atoms with E-state index in [4.69, 9.17) is 4.74 Å². The molecule has 0 saturated heterocycles. The predicted molar refractivity (Wildman–Crippen MR) is 111 cm³/mol. The van der Waals surface area contributed by atoms with Crippen molar-refractivity contribution in [3.8, 4) is 11.5 Å². The highest BCUT2D eigenvalue weighted by Gasteiger charge is 2.35. The van der Waals surface area contributed by atoms with E-state index >= 15 is 0 Å². The van der Waals surface area contributed by atoms with Crippen molar-refractivity contribution in [2.75, 3.05) is 0 Å². The molecule has 0 aromatic heterocycles. The number of carbonyl (C=O) groups is 3. The highest BCUT2D eigenvalue weighted by atomic mass is 16.5. The van der Waals surface area contributed by atoms with Crippen molar-refractivity contribution in [3.63, 3.8) is 0 Å². The Morgan fingerprint density at radius 1 is 1.00 bits per heavy atom. The van der Waals surface area contributed by atoms with Crippen molar-refractivity contribution in [2.24, 2.45) is 0 Å². The van der Waals surface area contributed by atoms with Crippen LogP contribution in [0.25, 0.3) is 0 Å². The number of rotatable bonds is 6. The lowest BCUT2D eigenvalue weighted by Crippen LogP contribution is -2.29. The minimum Gasteiger partial charge on any atom is -0.507 e. The zero-order chi connectivity index (χ0) is 21.8. The van der Waals surface area contributed by atoms with Crippen LogP contribution >= 0.6 is 0 Å². The molecule has 30 heavy (non-hydrogen) atoms. The number of allylic oxidation sites excluding steroid dienone is 2. The number of phenols is 2. The number of hydrogen-bond acceptors (Lipinski definition) is 6. The van der Waals surface area contributed by atoms with Gasteiger partial charge in [0.25, 0.3) is 0 Å². The zero-order valence-electron chi connectivity index (χ0n) is 16.7. The van der Waals surface area contributed by atoms with Crippen LogP contribution in [0.3, 0.4) is 0 Å². The molecule has 0 heterocycles. The molecular formula is C24H22O6. The summed E-state index contributed by atoms with van der Waals surface area (Å²) in [6.07, 6.45) is 2.09. The normalized spacial score (nSPS) is 13.9. The Morgan fingerprint density at radius 2 is 1.63 bits per heavy atom. The van der Waals surface area contributed by atoms with E-state index in [0.29, 0.717) is 0 Å². The molecule has 3 rings (SSSR count). The second kappa shape index (κ2) is 8.78. The van der Waals surface area contributed by atoms with Crippen LogP contribution in [0.15, 0.2) is 65.8 Å². The van der Waals surface area contributed by atoms with E-state index in [9.17, 15) is 24.6 Å². The fourth-order valence-electron chi connectivity index (χ4n) is 3.27. The van der Waals surface area contributed by atoms with Gasteiger partial charge in [-0.3, -0.25) is 14.4 Å². The van der Waals surface area contributed by atoms with Crippen molar-refractivity contribution in [1.29, 1.82) is 0 Å². The van der Waals surface area contributed by atoms with Gasteiger partial charge >= 0.3 is 5.97 Å². The summed E-state index contributed by atoms with van der Waals surface area (Å²) < 4.78 is 5.58. The summed E-state index contributed by atoms with van der Waals surface area (Å²) >= 11 is 0. The zero-order valence-corrected chi connectivity index (χ0v) is 16.7. The Kier molecular flexibility index (Phi) is 6.16. The van der Waals surface area contributed by atoms with Crippen LogP contribution in [0.4, 0.5) is 0 Å². The van der Waals surface area contributed by atoms with Crippen molar-refractivity contribution in [3.05, 3.63) is 82.5 Å². The topological polar surface area (TPSA) is 101 Å². The van der Waals surface area contributed by atoms with Gasteiger partial charge in [-0.25, -0.2) is 0 Å². The molecule has 0 aliphatic heterocycles. The van der Waals surface area contributed by atoms with Crippen LogP contribution in [-0.4, -0.2) is 33.9 Å². The number of ether oxygens (including phenoxy) is 1. The van der Waals surface area contributed by atoms with Crippen molar-refractivity contribution in [2.45, 2.75) is 32.8 Å². The molecule has 0 radical (unpaired) electrons. The molecule has 6 nitrogen and oxygen atoms in total. The molecule has 0 unspecified atom stereocenters. The van der Waals surface area contributed by atoms with Gasteiger partial charge in [0.05, 0.1) is 17.5 Å². The third kappa shape index (κ3) is 4.49. The van der Waals surface area contributed by atoms with E-state index in [0.717, 1.165) is 29.3 Å². The van der Waals surface area contributed by atoms with Crippen molar-refractivity contribution < 1.29 is 29.3 Å². The van der Waals surface area contributed by atoms with E-state index < -0.39 is 35.1 Å². The van der Waals surface area contributed by atoms with Gasteiger partial charge in [0, 0.05) is 12.0 Å². The number of esters is 1. The summed E-state index contributed by atoms with van der Waals surface area (Å²) in [5, 5.41) is 20.1. The molecule has 1 aliphatic rings. The van der Waals surface area contributed by atoms with Gasteiger partial charge in [0.15, 0.2) is 11.6 Å². The van der Waals surface area contributed by atoms with Crippen molar-refractivity contribution >= 4 is 17.5 Å². The molecule has 6 heteroatoms. The van der Waals surface area contributed by atoms with Crippen LogP contribution in [0.2, 0.25) is 0 Å². The van der Waals surface area contributed by atoms with Crippen LogP contribution in [0.1, 0.15) is 46.5 Å². The number of phenolic OH excluding ortho intramolecular Hbond substituents is 2. The lowest BCUT2D eigenvalue weighted by molar-refractivity contribution is -0.146. The number of carbonyl (C=O) groups excluding carboxylic acids is 3. The quantitative estimate of drug-likeness (QED) is 0.428. The van der Waals surface area contributed by atoms with Gasteiger partial charge in [0.2, 0.25) is 0 Å². The van der Waals surface area contributed by atoms with Gasteiger partial charge in [0.1, 0.15) is 17.6 Å². The van der Waals surface area contributed by atoms with Crippen LogP contribution in [0.5, 0.6) is 11.5 Å². The maximum atomic E-state index is 13.1. The smallest absolute Gasteiger partial charge is 0.310 e. The Hall–Kier alpha value is -3.67. The molecule has 0 fully saturated rings. The molecule has 1 atom stereocenters. The average molecular weight is 406 g/mol. The first-order valence-electron chi connectivity index (χ1n) is 9.50. The summed E-state index contributed by atoms with van der Waals surface area (Å²) in [4.78, 5) is 38.1. The summed E-state index contributed by atoms with van der Waals surface area (Å²) in [6, 6.07) is 11.3. The Bertz CT molecular complexity index is 1060. The van der Waals surface area contributed by atoms with Crippen LogP contribution < -0.4 is 0 Å². The number of fused-ring (bicyclic) bond motifs is 1. The SMILES string of the molecule is CC(C)=CC[C@@H](OC(=O)Cc1ccccc1)C1=CC(=O)c2c(O)ccc(O)c2C1=O. The van der Waals surface area contributed by atoms with Crippen LogP contribution in [0, 0.1) is 0 Å². The monoisotopic (exact) mass is 406 g/mol. The lowest BCUT2D eigenvalue weighted by atomic mass is 9.85. The standard InChI is InChI=1S/C24H22O6/c1-14(2)8-11-20(30-21(28)12-15-6-4-3-5-7-15)16-13-19(27)22-17(25)9-10-18(26)23(22)24(16)29/h3-10,13,20,25-26H,11-12H2,1-2H3/t20-/m1/s1. The number of ketones is 2. The second-order valence-corrected chi connectivity index (χ2v) is 7.30. The van der Waals surface area contributed by atoms with E-state index in [1.54, 1.807) is 30.3 Å². The molecule has 2 aromatic carbocycles. The molecule has 2 N–H and O–H groups in total. The highest BCUT2D eigenvalue weighted by molar-refractivity contribution is 6.27. The van der Waals surface area contributed by atoms with Gasteiger partial charge in [-0.1, -0.05) is 42.0 Å². The lowest BCUT2D eigenvalue weighted by Gasteiger charge is -2.23. The maximum Gasteiger partial charge on any atom is 0.310 e. The Balaban J connectivity index is 1.93. The van der Waals surface area contributed by atoms with E-state index in [1.807, 2.05) is 19.9 Å². The van der Waals surface area contributed by atoms with Gasteiger partial charge in [-0.2, -0.15) is 0 Å². The minimum absolute atomic E-state index is 0.0181. The number of aromatic hydroxyl groups is 2. The number of hydrogen-bond donors (Lipinski definition) is 2. The van der Waals surface area contributed by atoms with E-state index in [1.165, 1.54) is 0 Å². The fraction of sp³-hybridized carbons (Fsp3) is 0.208. The fourth-order valence-corrected chi connectivity index (χ4v) is 3.27. The summed E-state index contributed by atoms with van der Waals surface area (Å²) in [7, 11) is 0. The van der Waals surface area contributed by atoms with Gasteiger partial charge in [-0.15, -0.1) is 0 Å². The maximum absolute atomic E-state index is 13.1. The second-order valence-electron chi connectivity index (χ2n) is 7.30. The molecule has 0 saturated carbocycles. The molecule has 0 spiro atoms. The van der Waals surface area contributed by atoms with Gasteiger partial charge < -0.3 is 14.9 Å². The van der Waals surface area contributed by atoms with E-state index in [2.05, 4.69) is 0 Å². The third-order valence-corrected chi connectivity index (χ3v) is 4.74. The molecule has 154 valence electrons. The molecule has 0 amide bonds. The molecule has 0 bridgehead atoms. The third-order valence-electron chi connectivity index (χ3n) is 4.74. The van der Waals surface area contributed by atoms with E-state index in [-0.39, 0.29) is 29.5 Å². The average Bonchev–Trinajstić information content (AvgIpc) is 2.70. The number of benzene rings is 2. The number of Topliss-reactive ketones (excluding diaryl/α,β-unsaturated/α-hetero) is 1. The first-order valence-corrected chi connectivity index (χ1v) is 9.50. The first-order chi connectivity index (χ1) is 14.3. The van der Waals surface area contributed by atoms with Crippen molar-refractivity contribution in [1.82, 2.24) is 0 Å². The predicted octanol–water partition coefficient (Wildman–Crippen LogP) is 3.91. The molecule has 2 aromatic rings. The summed E-state index contributed by atoms with van der Waals surface area (Å²) in [5.41, 5.74) is 1.15. The summed E-state index contributed by atoms with van der Waals surface area (Å²) in [5.74, 6) is -2.63. The largest absolute Gasteiger partial charge is 0.507 e. The van der Waals surface area contributed by atoms with Crippen LogP contribution in [-0.2, 0) is 16.0 Å². The Morgan fingerprint density at radius 3 is 2.27 bits per heavy atom. The summed E-state index contributed by atoms with van der Waals surface area (Å²) in [6.45, 7) is 3.73. The first kappa shape index (κ1) is 21.0. The molecular weight excluding hydrogens is 384 g/mol. The Labute approximate surface area is 174 Å². The minimum atomic E-state index is -0.998. The van der Waals surface area contributed by atoms with Gasteiger partial charge in [-0.05, 0) is 37.6 Å². The molecule has 1 aliphatic carbocycles. The highest BCUT2D eigenvalue weighted by Crippen LogP contribution is 2.36.